The normalized spacial score (nSPS) is 11.1. The molecule has 0 aliphatic heterocycles. The molecule has 0 bridgehead atoms. The standard InChI is InChI=1S/C14H19N9O/c1-10(2)13-15-5-7-22(13)6-3-4-16-14(24)11-8-12(19-18-11)23-9-17-20-21-23/h5,7-10H,3-4,6H2,1-2H3,(H,16,24)(H,18,19). The monoisotopic (exact) mass is 329 g/mol. The molecule has 3 aromatic rings. The minimum absolute atomic E-state index is 0.212. The Bertz CT molecular complexity index is 787. The Labute approximate surface area is 138 Å². The van der Waals surface area contributed by atoms with Crippen LogP contribution >= 0.6 is 0 Å². The number of aromatic amines is 1. The van der Waals surface area contributed by atoms with Gasteiger partial charge in [-0.15, -0.1) is 5.10 Å². The van der Waals surface area contributed by atoms with Gasteiger partial charge in [0.1, 0.15) is 17.8 Å². The second kappa shape index (κ2) is 7.02. The molecule has 0 fully saturated rings. The van der Waals surface area contributed by atoms with Crippen LogP contribution < -0.4 is 5.32 Å². The predicted molar refractivity (Wildman–Crippen MR) is 84.6 cm³/mol. The molecule has 2 N–H and O–H groups in total. The first kappa shape index (κ1) is 15.8. The van der Waals surface area contributed by atoms with Gasteiger partial charge in [-0.05, 0) is 16.8 Å². The molecule has 0 aliphatic rings. The number of tetrazole rings is 1. The van der Waals surface area contributed by atoms with Crippen molar-refractivity contribution in [3.8, 4) is 5.82 Å². The summed E-state index contributed by atoms with van der Waals surface area (Å²) < 4.78 is 3.49. The first-order valence-electron chi connectivity index (χ1n) is 7.73. The molecule has 10 heteroatoms. The highest BCUT2D eigenvalue weighted by atomic mass is 16.1. The SMILES string of the molecule is CC(C)c1nccn1CCCNC(=O)c1cc(-n2cnnn2)n[nH]1. The highest BCUT2D eigenvalue weighted by Gasteiger charge is 2.11. The Hall–Kier alpha value is -3.04. The number of amides is 1. The molecule has 3 rings (SSSR count). The van der Waals surface area contributed by atoms with Crippen LogP contribution in [0.5, 0.6) is 0 Å². The number of H-pyrrole nitrogens is 1. The van der Waals surface area contributed by atoms with Crippen molar-refractivity contribution in [1.82, 2.24) is 45.3 Å². The average molecular weight is 329 g/mol. The number of imidazole rings is 1. The third-order valence-corrected chi connectivity index (χ3v) is 3.52. The number of rotatable bonds is 7. The van der Waals surface area contributed by atoms with Gasteiger partial charge >= 0.3 is 0 Å². The lowest BCUT2D eigenvalue weighted by Crippen LogP contribution is -2.25. The fourth-order valence-electron chi connectivity index (χ4n) is 2.37. The zero-order valence-electron chi connectivity index (χ0n) is 13.5. The van der Waals surface area contributed by atoms with Crippen molar-refractivity contribution in [3.05, 3.63) is 36.3 Å². The van der Waals surface area contributed by atoms with E-state index in [1.807, 2.05) is 6.20 Å². The molecule has 10 nitrogen and oxygen atoms in total. The zero-order chi connectivity index (χ0) is 16.9. The number of nitrogens with one attached hydrogen (secondary N) is 2. The average Bonchev–Trinajstić information content (AvgIpc) is 3.31. The van der Waals surface area contributed by atoms with Crippen molar-refractivity contribution in [2.75, 3.05) is 6.54 Å². The first-order valence-corrected chi connectivity index (χ1v) is 7.73. The Morgan fingerprint density at radius 2 is 2.29 bits per heavy atom. The third-order valence-electron chi connectivity index (χ3n) is 3.52. The maximum atomic E-state index is 12.1. The maximum Gasteiger partial charge on any atom is 0.269 e. The summed E-state index contributed by atoms with van der Waals surface area (Å²) in [5.74, 6) is 1.69. The summed E-state index contributed by atoms with van der Waals surface area (Å²) in [6.45, 7) is 5.60. The topological polar surface area (TPSA) is 119 Å². The molecule has 1 amide bonds. The van der Waals surface area contributed by atoms with E-state index in [2.05, 4.69) is 54.4 Å². The molecule has 0 unspecified atom stereocenters. The fourth-order valence-corrected chi connectivity index (χ4v) is 2.37. The summed E-state index contributed by atoms with van der Waals surface area (Å²) >= 11 is 0. The number of aryl methyl sites for hydroxylation is 1. The van der Waals surface area contributed by atoms with Crippen LogP contribution in [0.2, 0.25) is 0 Å². The Morgan fingerprint density at radius 1 is 1.42 bits per heavy atom. The lowest BCUT2D eigenvalue weighted by molar-refractivity contribution is 0.0947. The third kappa shape index (κ3) is 3.47. The Kier molecular flexibility index (Phi) is 4.64. The van der Waals surface area contributed by atoms with Crippen LogP contribution in [-0.4, -0.2) is 52.4 Å². The smallest absolute Gasteiger partial charge is 0.269 e. The number of carbonyl (C=O) groups excluding carboxylic acids is 1. The van der Waals surface area contributed by atoms with Gasteiger partial charge < -0.3 is 9.88 Å². The van der Waals surface area contributed by atoms with Crippen molar-refractivity contribution in [2.45, 2.75) is 32.7 Å². The largest absolute Gasteiger partial charge is 0.351 e. The number of carbonyl (C=O) groups is 1. The van der Waals surface area contributed by atoms with Crippen LogP contribution in [0, 0.1) is 0 Å². The summed E-state index contributed by atoms with van der Waals surface area (Å²) in [6, 6.07) is 1.60. The molecular weight excluding hydrogens is 310 g/mol. The van der Waals surface area contributed by atoms with E-state index in [0.29, 0.717) is 24.0 Å². The Balaban J connectivity index is 1.48. The van der Waals surface area contributed by atoms with E-state index >= 15 is 0 Å². The van der Waals surface area contributed by atoms with E-state index in [1.54, 1.807) is 12.3 Å². The van der Waals surface area contributed by atoms with Gasteiger partial charge in [-0.3, -0.25) is 9.89 Å². The van der Waals surface area contributed by atoms with E-state index in [9.17, 15) is 4.79 Å². The highest BCUT2D eigenvalue weighted by Crippen LogP contribution is 2.11. The lowest BCUT2D eigenvalue weighted by Gasteiger charge is -2.10. The lowest BCUT2D eigenvalue weighted by atomic mass is 10.2. The molecule has 3 aromatic heterocycles. The molecule has 0 saturated heterocycles. The van der Waals surface area contributed by atoms with E-state index in [0.717, 1.165) is 18.8 Å². The van der Waals surface area contributed by atoms with Crippen molar-refractivity contribution in [1.29, 1.82) is 0 Å². The molecule has 3 heterocycles. The molecule has 0 spiro atoms. The fraction of sp³-hybridized carbons (Fsp3) is 0.429. The summed E-state index contributed by atoms with van der Waals surface area (Å²) in [4.78, 5) is 16.4. The number of nitrogens with zero attached hydrogens (tertiary/aromatic N) is 7. The van der Waals surface area contributed by atoms with Gasteiger partial charge in [0.15, 0.2) is 5.82 Å². The zero-order valence-corrected chi connectivity index (χ0v) is 13.5. The summed E-state index contributed by atoms with van der Waals surface area (Å²) in [6.07, 6.45) is 5.99. The first-order chi connectivity index (χ1) is 11.6. The van der Waals surface area contributed by atoms with Crippen LogP contribution in [0.3, 0.4) is 0 Å². The van der Waals surface area contributed by atoms with Gasteiger partial charge in [0, 0.05) is 37.5 Å². The van der Waals surface area contributed by atoms with Gasteiger partial charge in [-0.1, -0.05) is 13.8 Å². The maximum absolute atomic E-state index is 12.1. The molecule has 0 radical (unpaired) electrons. The minimum atomic E-state index is -0.212. The number of aromatic nitrogens is 8. The van der Waals surface area contributed by atoms with E-state index in [-0.39, 0.29) is 5.91 Å². The molecular formula is C14H19N9O. The molecule has 0 aliphatic carbocycles. The van der Waals surface area contributed by atoms with Gasteiger partial charge in [0.25, 0.3) is 5.91 Å². The molecule has 24 heavy (non-hydrogen) atoms. The van der Waals surface area contributed by atoms with Gasteiger partial charge in [-0.25, -0.2) is 4.98 Å². The summed E-state index contributed by atoms with van der Waals surface area (Å²) in [7, 11) is 0. The van der Waals surface area contributed by atoms with Crippen molar-refractivity contribution in [2.24, 2.45) is 0 Å². The van der Waals surface area contributed by atoms with E-state index in [4.69, 9.17) is 0 Å². The second-order valence-corrected chi connectivity index (χ2v) is 5.64. The predicted octanol–water partition coefficient (Wildman–Crippen LogP) is 0.525. The van der Waals surface area contributed by atoms with Crippen molar-refractivity contribution < 1.29 is 4.79 Å². The molecule has 0 saturated carbocycles. The van der Waals surface area contributed by atoms with Crippen LogP contribution in [0.4, 0.5) is 0 Å². The second-order valence-electron chi connectivity index (χ2n) is 5.64. The van der Waals surface area contributed by atoms with Gasteiger partial charge in [-0.2, -0.15) is 9.78 Å². The van der Waals surface area contributed by atoms with Crippen LogP contribution in [0.1, 0.15) is 42.5 Å². The van der Waals surface area contributed by atoms with Gasteiger partial charge in [0.05, 0.1) is 0 Å². The molecule has 0 aromatic carbocycles. The quantitative estimate of drug-likeness (QED) is 0.610. The summed E-state index contributed by atoms with van der Waals surface area (Å²) in [5, 5.41) is 20.3. The van der Waals surface area contributed by atoms with Crippen molar-refractivity contribution in [3.63, 3.8) is 0 Å². The van der Waals surface area contributed by atoms with Gasteiger partial charge in [0.2, 0.25) is 0 Å². The van der Waals surface area contributed by atoms with Crippen LogP contribution in [0.15, 0.2) is 24.8 Å². The highest BCUT2D eigenvalue weighted by molar-refractivity contribution is 5.92. The number of hydrogen-bond acceptors (Lipinski definition) is 6. The molecule has 0 atom stereocenters. The van der Waals surface area contributed by atoms with E-state index in [1.165, 1.54) is 11.0 Å². The minimum Gasteiger partial charge on any atom is -0.351 e. The van der Waals surface area contributed by atoms with E-state index < -0.39 is 0 Å². The molecule has 126 valence electrons. The summed E-state index contributed by atoms with van der Waals surface area (Å²) in [5.41, 5.74) is 0.367. The van der Waals surface area contributed by atoms with Crippen LogP contribution in [-0.2, 0) is 6.54 Å². The number of hydrogen-bond donors (Lipinski definition) is 2. The van der Waals surface area contributed by atoms with Crippen LogP contribution in [0.25, 0.3) is 5.82 Å². The Morgan fingerprint density at radius 3 is 3.04 bits per heavy atom. The van der Waals surface area contributed by atoms with Crippen molar-refractivity contribution >= 4 is 5.91 Å².